The van der Waals surface area contributed by atoms with E-state index in [2.05, 4.69) is 15.4 Å². The Morgan fingerprint density at radius 1 is 1.23 bits per heavy atom. The fraction of sp³-hybridized carbons (Fsp3) is 0.391. The molecule has 0 aromatic carbocycles. The largest absolute Gasteiger partial charge is 0.341 e. The highest BCUT2D eigenvalue weighted by Gasteiger charge is 2.38. The number of carbonyl (C=O) groups is 3. The molecule has 1 fully saturated rings. The second kappa shape index (κ2) is 8.60. The Bertz CT molecular complexity index is 1410. The van der Waals surface area contributed by atoms with Crippen molar-refractivity contribution in [2.24, 2.45) is 0 Å². The highest BCUT2D eigenvalue weighted by Crippen LogP contribution is 2.27. The van der Waals surface area contributed by atoms with Gasteiger partial charge in [-0.15, -0.1) is 0 Å². The quantitative estimate of drug-likeness (QED) is 0.533. The average molecular weight is 481 g/mol. The molecular formula is C23H24FN7O4. The molecular weight excluding hydrogens is 457 g/mol. The number of aromatic nitrogens is 4. The van der Waals surface area contributed by atoms with Crippen molar-refractivity contribution in [3.63, 3.8) is 0 Å². The van der Waals surface area contributed by atoms with Gasteiger partial charge in [0.2, 0.25) is 11.8 Å². The molecule has 11 nitrogen and oxygen atoms in total. The van der Waals surface area contributed by atoms with Gasteiger partial charge in [0, 0.05) is 19.2 Å². The molecule has 3 aromatic heterocycles. The highest BCUT2D eigenvalue weighted by atomic mass is 19.1. The summed E-state index contributed by atoms with van der Waals surface area (Å²) in [5, 5.41) is 6.90. The zero-order valence-corrected chi connectivity index (χ0v) is 19.3. The van der Waals surface area contributed by atoms with Crippen LogP contribution in [0.2, 0.25) is 0 Å². The SMILES string of the molecule is CCc1cc2n(CC(=O)Nc3ccc(F)cn3)c3c(c(=O)n2n1)CN(CC(=O)N(C)C1CC1)C3=O. The molecule has 5 rings (SSSR count). The number of pyridine rings is 1. The number of aryl methyl sites for hydroxylation is 1. The zero-order chi connectivity index (χ0) is 24.9. The minimum Gasteiger partial charge on any atom is -0.341 e. The molecule has 1 aliphatic carbocycles. The van der Waals surface area contributed by atoms with Gasteiger partial charge in [-0.2, -0.15) is 9.61 Å². The predicted octanol–water partition coefficient (Wildman–Crippen LogP) is 0.808. The van der Waals surface area contributed by atoms with Gasteiger partial charge in [0.15, 0.2) is 0 Å². The summed E-state index contributed by atoms with van der Waals surface area (Å²) >= 11 is 0. The van der Waals surface area contributed by atoms with Crippen molar-refractivity contribution in [3.8, 4) is 0 Å². The summed E-state index contributed by atoms with van der Waals surface area (Å²) in [5.74, 6) is -1.61. The second-order valence-electron chi connectivity index (χ2n) is 8.78. The van der Waals surface area contributed by atoms with Crippen LogP contribution in [0.4, 0.5) is 10.2 Å². The number of anilines is 1. The number of amides is 3. The van der Waals surface area contributed by atoms with E-state index in [1.165, 1.54) is 26.1 Å². The van der Waals surface area contributed by atoms with Crippen molar-refractivity contribution in [3.05, 3.63) is 57.5 Å². The fourth-order valence-electron chi connectivity index (χ4n) is 4.24. The van der Waals surface area contributed by atoms with E-state index in [0.29, 0.717) is 17.8 Å². The first kappa shape index (κ1) is 22.7. The van der Waals surface area contributed by atoms with Crippen LogP contribution >= 0.6 is 0 Å². The third-order valence-electron chi connectivity index (χ3n) is 6.34. The number of carbonyl (C=O) groups excluding carboxylic acids is 3. The fourth-order valence-corrected chi connectivity index (χ4v) is 4.24. The Morgan fingerprint density at radius 2 is 2.00 bits per heavy atom. The number of nitrogens with zero attached hydrogens (tertiary/aromatic N) is 6. The van der Waals surface area contributed by atoms with Crippen molar-refractivity contribution in [1.82, 2.24) is 29.0 Å². The number of halogens is 1. The Kier molecular flexibility index (Phi) is 5.58. The van der Waals surface area contributed by atoms with Gasteiger partial charge in [0.25, 0.3) is 11.5 Å². The van der Waals surface area contributed by atoms with Crippen LogP contribution in [0.25, 0.3) is 5.65 Å². The summed E-state index contributed by atoms with van der Waals surface area (Å²) in [4.78, 5) is 58.9. The third kappa shape index (κ3) is 4.15. The molecule has 0 saturated heterocycles. The van der Waals surface area contributed by atoms with Crippen LogP contribution in [0.3, 0.4) is 0 Å². The molecule has 182 valence electrons. The first-order valence-corrected chi connectivity index (χ1v) is 11.4. The molecule has 1 N–H and O–H groups in total. The van der Waals surface area contributed by atoms with Gasteiger partial charge in [-0.05, 0) is 31.4 Å². The standard InChI is InChI=1S/C23H24FN7O4/c1-3-14-8-19-30(11-18(32)26-17-7-4-13(24)9-25-17)21-16(22(34)31(19)27-14)10-29(23(21)35)12-20(33)28(2)15-5-6-15/h4,7-9,15H,3,5-6,10-12H2,1-2H3,(H,25,26,32). The van der Waals surface area contributed by atoms with Gasteiger partial charge in [-0.1, -0.05) is 6.92 Å². The maximum absolute atomic E-state index is 13.4. The predicted molar refractivity (Wildman–Crippen MR) is 122 cm³/mol. The Hall–Kier alpha value is -4.09. The van der Waals surface area contributed by atoms with E-state index in [0.717, 1.165) is 19.0 Å². The van der Waals surface area contributed by atoms with Crippen molar-refractivity contribution < 1.29 is 18.8 Å². The monoisotopic (exact) mass is 481 g/mol. The van der Waals surface area contributed by atoms with Gasteiger partial charge < -0.3 is 19.7 Å². The molecule has 0 unspecified atom stereocenters. The summed E-state index contributed by atoms with van der Waals surface area (Å²) < 4.78 is 15.8. The topological polar surface area (TPSA) is 122 Å². The van der Waals surface area contributed by atoms with E-state index >= 15 is 0 Å². The van der Waals surface area contributed by atoms with Gasteiger partial charge in [0.1, 0.15) is 36.1 Å². The van der Waals surface area contributed by atoms with Crippen LogP contribution in [0.5, 0.6) is 0 Å². The average Bonchev–Trinajstić information content (AvgIpc) is 3.51. The molecule has 0 spiro atoms. The maximum Gasteiger partial charge on any atom is 0.280 e. The Morgan fingerprint density at radius 3 is 2.66 bits per heavy atom. The highest BCUT2D eigenvalue weighted by molar-refractivity contribution is 6.00. The molecule has 0 radical (unpaired) electrons. The van der Waals surface area contributed by atoms with Crippen molar-refractivity contribution in [2.45, 2.75) is 45.3 Å². The van der Waals surface area contributed by atoms with E-state index in [1.54, 1.807) is 18.0 Å². The van der Waals surface area contributed by atoms with E-state index in [9.17, 15) is 23.6 Å². The lowest BCUT2D eigenvalue weighted by atomic mass is 10.2. The Labute approximate surface area is 199 Å². The van der Waals surface area contributed by atoms with Crippen LogP contribution in [-0.2, 0) is 29.1 Å². The zero-order valence-electron chi connectivity index (χ0n) is 19.3. The Balaban J connectivity index is 1.49. The van der Waals surface area contributed by atoms with Crippen LogP contribution < -0.4 is 10.9 Å². The maximum atomic E-state index is 13.4. The molecule has 0 atom stereocenters. The van der Waals surface area contributed by atoms with E-state index in [1.807, 2.05) is 6.92 Å². The normalized spacial score (nSPS) is 14.9. The minimum absolute atomic E-state index is 0.0460. The number of rotatable bonds is 7. The molecule has 3 amide bonds. The van der Waals surface area contributed by atoms with E-state index < -0.39 is 23.2 Å². The molecule has 1 saturated carbocycles. The molecule has 3 aromatic rings. The van der Waals surface area contributed by atoms with Crippen LogP contribution in [0.15, 0.2) is 29.2 Å². The van der Waals surface area contributed by atoms with E-state index in [-0.39, 0.29) is 48.7 Å². The van der Waals surface area contributed by atoms with Crippen LogP contribution in [-0.4, -0.2) is 66.3 Å². The van der Waals surface area contributed by atoms with Gasteiger partial charge in [-0.3, -0.25) is 19.2 Å². The summed E-state index contributed by atoms with van der Waals surface area (Å²) in [6, 6.07) is 4.34. The lowest BCUT2D eigenvalue weighted by Crippen LogP contribution is -2.39. The number of fused-ring (bicyclic) bond motifs is 2. The summed E-state index contributed by atoms with van der Waals surface area (Å²) in [6.07, 6.45) is 3.41. The number of likely N-dealkylation sites (N-methyl/N-ethyl adjacent to an activating group) is 1. The smallest absolute Gasteiger partial charge is 0.280 e. The molecule has 1 aliphatic heterocycles. The summed E-state index contributed by atoms with van der Waals surface area (Å²) in [5.41, 5.74) is 0.720. The van der Waals surface area contributed by atoms with Crippen molar-refractivity contribution >= 4 is 29.2 Å². The van der Waals surface area contributed by atoms with Gasteiger partial charge in [0.05, 0.1) is 24.0 Å². The van der Waals surface area contributed by atoms with Crippen LogP contribution in [0.1, 0.15) is 41.5 Å². The number of hydrogen-bond donors (Lipinski definition) is 1. The van der Waals surface area contributed by atoms with Crippen molar-refractivity contribution in [2.75, 3.05) is 18.9 Å². The molecule has 35 heavy (non-hydrogen) atoms. The lowest BCUT2D eigenvalue weighted by Gasteiger charge is -2.21. The second-order valence-corrected chi connectivity index (χ2v) is 8.78. The first-order chi connectivity index (χ1) is 16.8. The van der Waals surface area contributed by atoms with E-state index in [4.69, 9.17) is 0 Å². The lowest BCUT2D eigenvalue weighted by molar-refractivity contribution is -0.131. The summed E-state index contributed by atoms with van der Waals surface area (Å²) in [6.45, 7) is 1.37. The number of hydrogen-bond acceptors (Lipinski definition) is 6. The third-order valence-corrected chi connectivity index (χ3v) is 6.34. The van der Waals surface area contributed by atoms with Gasteiger partial charge in [-0.25, -0.2) is 9.37 Å². The first-order valence-electron chi connectivity index (χ1n) is 11.4. The van der Waals surface area contributed by atoms with Crippen molar-refractivity contribution in [1.29, 1.82) is 0 Å². The molecule has 2 aliphatic rings. The molecule has 4 heterocycles. The number of nitrogens with one attached hydrogen (secondary N) is 1. The summed E-state index contributed by atoms with van der Waals surface area (Å²) in [7, 11) is 1.71. The molecule has 0 bridgehead atoms. The van der Waals surface area contributed by atoms with Crippen LogP contribution in [0, 0.1) is 5.82 Å². The minimum atomic E-state index is -0.540. The van der Waals surface area contributed by atoms with Gasteiger partial charge >= 0.3 is 0 Å². The molecule has 12 heteroatoms.